The van der Waals surface area contributed by atoms with Gasteiger partial charge in [0.25, 0.3) is 0 Å². The average Bonchev–Trinajstić information content (AvgIpc) is 3.22. The lowest BCUT2D eigenvalue weighted by Gasteiger charge is -2.20. The number of aryl methyl sites for hydroxylation is 2. The Labute approximate surface area is 157 Å². The highest BCUT2D eigenvalue weighted by molar-refractivity contribution is 7.13. The van der Waals surface area contributed by atoms with Gasteiger partial charge in [-0.05, 0) is 45.2 Å². The van der Waals surface area contributed by atoms with Crippen molar-refractivity contribution in [2.75, 3.05) is 7.05 Å². The van der Waals surface area contributed by atoms with Gasteiger partial charge in [-0.1, -0.05) is 0 Å². The zero-order valence-corrected chi connectivity index (χ0v) is 15.7. The molecule has 0 N–H and O–H groups in total. The second kappa shape index (κ2) is 6.69. The van der Waals surface area contributed by atoms with Gasteiger partial charge in [-0.2, -0.15) is 0 Å². The summed E-state index contributed by atoms with van der Waals surface area (Å²) < 4.78 is 0. The van der Waals surface area contributed by atoms with E-state index in [0.29, 0.717) is 17.7 Å². The standard InChI is InChI=1S/C17H14B2N2O2S2/c1-9-4-6-12(24-9)15-11(8-22)14(17(23)21(15)19)16(20(3)18)13-7-5-10(2)25-13/h4-8H,1-3H3/b16-14+. The van der Waals surface area contributed by atoms with Crippen LogP contribution in [-0.4, -0.2) is 44.8 Å². The molecular weight excluding hydrogens is 350 g/mol. The SMILES string of the molecule is [B]N1C(=O)/C(=C(\c2ccc(C)s2)N([B])C)C(C=O)=C1c1ccc(C)s1. The molecule has 0 aromatic carbocycles. The first-order chi connectivity index (χ1) is 11.8. The summed E-state index contributed by atoms with van der Waals surface area (Å²) in [6, 6.07) is 7.61. The molecule has 4 nitrogen and oxygen atoms in total. The molecule has 4 radical (unpaired) electrons. The monoisotopic (exact) mass is 364 g/mol. The van der Waals surface area contributed by atoms with Crippen LogP contribution in [0, 0.1) is 13.8 Å². The van der Waals surface area contributed by atoms with Crippen molar-refractivity contribution in [3.05, 3.63) is 54.9 Å². The van der Waals surface area contributed by atoms with Gasteiger partial charge >= 0.3 is 0 Å². The molecule has 3 heterocycles. The van der Waals surface area contributed by atoms with Gasteiger partial charge in [-0.25, -0.2) is 0 Å². The summed E-state index contributed by atoms with van der Waals surface area (Å²) in [4.78, 5) is 30.9. The molecule has 0 fully saturated rings. The minimum Gasteiger partial charge on any atom is -0.426 e. The maximum Gasteiger partial charge on any atom is 0.248 e. The molecule has 8 heteroatoms. The molecule has 2 aromatic rings. The Kier molecular flexibility index (Phi) is 4.75. The van der Waals surface area contributed by atoms with Crippen molar-refractivity contribution in [2.24, 2.45) is 0 Å². The fourth-order valence-electron chi connectivity index (χ4n) is 2.78. The fraction of sp³-hybridized carbons (Fsp3) is 0.176. The highest BCUT2D eigenvalue weighted by Gasteiger charge is 2.36. The summed E-state index contributed by atoms with van der Waals surface area (Å²) in [6.45, 7) is 3.92. The fourth-order valence-corrected chi connectivity index (χ4v) is 4.66. The van der Waals surface area contributed by atoms with Gasteiger partial charge < -0.3 is 9.62 Å². The van der Waals surface area contributed by atoms with E-state index in [4.69, 9.17) is 16.0 Å². The van der Waals surface area contributed by atoms with Crippen LogP contribution in [0.4, 0.5) is 0 Å². The van der Waals surface area contributed by atoms with Crippen LogP contribution in [0.25, 0.3) is 11.4 Å². The maximum absolute atomic E-state index is 12.9. The van der Waals surface area contributed by atoms with Crippen molar-refractivity contribution in [3.63, 3.8) is 0 Å². The summed E-state index contributed by atoms with van der Waals surface area (Å²) in [5, 5.41) is 0. The van der Waals surface area contributed by atoms with Crippen LogP contribution in [0.1, 0.15) is 19.5 Å². The molecule has 25 heavy (non-hydrogen) atoms. The Morgan fingerprint density at radius 3 is 2.28 bits per heavy atom. The number of carbonyl (C=O) groups excluding carboxylic acids is 2. The van der Waals surface area contributed by atoms with Crippen molar-refractivity contribution in [1.29, 1.82) is 0 Å². The van der Waals surface area contributed by atoms with E-state index in [2.05, 4.69) is 0 Å². The van der Waals surface area contributed by atoms with E-state index in [0.717, 1.165) is 24.3 Å². The Bertz CT molecular complexity index is 925. The van der Waals surface area contributed by atoms with Crippen LogP contribution in [0.5, 0.6) is 0 Å². The van der Waals surface area contributed by atoms with E-state index in [9.17, 15) is 9.59 Å². The quantitative estimate of drug-likeness (QED) is 0.476. The van der Waals surface area contributed by atoms with E-state index in [-0.39, 0.29) is 11.1 Å². The highest BCUT2D eigenvalue weighted by Crippen LogP contribution is 2.41. The lowest BCUT2D eigenvalue weighted by atomic mass is 10.0. The number of carbonyl (C=O) groups is 2. The van der Waals surface area contributed by atoms with Crippen molar-refractivity contribution in [1.82, 2.24) is 9.62 Å². The Morgan fingerprint density at radius 2 is 1.80 bits per heavy atom. The third-order valence-corrected chi connectivity index (χ3v) is 5.87. The summed E-state index contributed by atoms with van der Waals surface area (Å²) in [6.07, 6.45) is 0.675. The number of amides is 1. The number of hydrogen-bond acceptors (Lipinski definition) is 5. The van der Waals surface area contributed by atoms with E-state index in [1.807, 2.05) is 38.1 Å². The second-order valence-electron chi connectivity index (χ2n) is 5.71. The third-order valence-electron chi connectivity index (χ3n) is 3.85. The van der Waals surface area contributed by atoms with Crippen LogP contribution in [0.3, 0.4) is 0 Å². The number of nitrogens with zero attached hydrogens (tertiary/aromatic N) is 2. The summed E-state index contributed by atoms with van der Waals surface area (Å²) in [5.41, 5.74) is 1.39. The van der Waals surface area contributed by atoms with Crippen molar-refractivity contribution in [3.8, 4) is 0 Å². The predicted octanol–water partition coefficient (Wildman–Crippen LogP) is 2.69. The van der Waals surface area contributed by atoms with E-state index in [1.165, 1.54) is 27.5 Å². The average molecular weight is 364 g/mol. The molecule has 0 spiro atoms. The van der Waals surface area contributed by atoms with Gasteiger partial charge in [0, 0.05) is 9.75 Å². The lowest BCUT2D eigenvalue weighted by molar-refractivity contribution is -0.120. The minimum atomic E-state index is -0.443. The van der Waals surface area contributed by atoms with Gasteiger partial charge in [0.05, 0.1) is 32.3 Å². The van der Waals surface area contributed by atoms with Crippen molar-refractivity contribution >= 4 is 62.2 Å². The van der Waals surface area contributed by atoms with Crippen molar-refractivity contribution in [2.45, 2.75) is 13.8 Å². The van der Waals surface area contributed by atoms with E-state index in [1.54, 1.807) is 7.05 Å². The third kappa shape index (κ3) is 3.00. The molecule has 0 saturated carbocycles. The number of rotatable bonds is 4. The van der Waals surface area contributed by atoms with Gasteiger partial charge in [-0.3, -0.25) is 9.59 Å². The Hall–Kier alpha value is -2.05. The van der Waals surface area contributed by atoms with Crippen LogP contribution in [0.2, 0.25) is 0 Å². The van der Waals surface area contributed by atoms with E-state index < -0.39 is 5.91 Å². The van der Waals surface area contributed by atoms with Crippen molar-refractivity contribution < 1.29 is 9.59 Å². The largest absolute Gasteiger partial charge is 0.426 e. The molecule has 0 saturated heterocycles. The molecule has 1 amide bonds. The number of hydrogen-bond donors (Lipinski definition) is 0. The normalized spacial score (nSPS) is 16.6. The molecule has 0 aliphatic carbocycles. The van der Waals surface area contributed by atoms with Crippen LogP contribution in [0.15, 0.2) is 35.4 Å². The summed E-state index contributed by atoms with van der Waals surface area (Å²) in [7, 11) is 13.7. The molecule has 122 valence electrons. The predicted molar refractivity (Wildman–Crippen MR) is 104 cm³/mol. The zero-order chi connectivity index (χ0) is 18.3. The van der Waals surface area contributed by atoms with Gasteiger partial charge in [-0.15, -0.1) is 22.7 Å². The highest BCUT2D eigenvalue weighted by atomic mass is 32.1. The number of thiophene rings is 2. The smallest absolute Gasteiger partial charge is 0.248 e. The van der Waals surface area contributed by atoms with Gasteiger partial charge in [0.1, 0.15) is 0 Å². The topological polar surface area (TPSA) is 40.6 Å². The first-order valence-electron chi connectivity index (χ1n) is 7.50. The number of aldehydes is 1. The zero-order valence-electron chi connectivity index (χ0n) is 14.1. The Balaban J connectivity index is 2.31. The molecule has 0 bridgehead atoms. The second-order valence-corrected chi connectivity index (χ2v) is 8.29. The first-order valence-corrected chi connectivity index (χ1v) is 9.13. The summed E-state index contributed by atoms with van der Waals surface area (Å²) >= 11 is 2.98. The van der Waals surface area contributed by atoms with E-state index >= 15 is 0 Å². The maximum atomic E-state index is 12.9. The van der Waals surface area contributed by atoms with Crippen LogP contribution >= 0.6 is 22.7 Å². The van der Waals surface area contributed by atoms with Crippen LogP contribution < -0.4 is 0 Å². The lowest BCUT2D eigenvalue weighted by Crippen LogP contribution is -2.24. The molecule has 1 aliphatic heterocycles. The van der Waals surface area contributed by atoms with Gasteiger partial charge in [0.2, 0.25) is 21.9 Å². The molecular formula is C17H14B2N2O2S2. The molecule has 0 atom stereocenters. The minimum absolute atomic E-state index is 0.227. The molecule has 1 aliphatic rings. The van der Waals surface area contributed by atoms with Crippen LogP contribution in [-0.2, 0) is 9.59 Å². The molecule has 2 aromatic heterocycles. The van der Waals surface area contributed by atoms with Gasteiger partial charge in [0.15, 0.2) is 6.29 Å². The summed E-state index contributed by atoms with van der Waals surface area (Å²) in [5.74, 6) is -0.443. The first kappa shape index (κ1) is 17.8. The Morgan fingerprint density at radius 1 is 1.16 bits per heavy atom. The molecule has 3 rings (SSSR count). The molecule has 0 unspecified atom stereocenters.